The van der Waals surface area contributed by atoms with E-state index in [9.17, 15) is 14.4 Å². The topological polar surface area (TPSA) is 96.8 Å². The van der Waals surface area contributed by atoms with Gasteiger partial charge in [-0.1, -0.05) is 41.9 Å². The van der Waals surface area contributed by atoms with Gasteiger partial charge in [0, 0.05) is 27.9 Å². The number of hydrogen-bond acceptors (Lipinski definition) is 5. The van der Waals surface area contributed by atoms with Crippen LogP contribution in [-0.2, 0) is 6.54 Å². The molecule has 2 aromatic heterocycles. The van der Waals surface area contributed by atoms with Crippen LogP contribution in [0.15, 0.2) is 69.7 Å². The first-order valence-electron chi connectivity index (χ1n) is 9.32. The normalized spacial score (nSPS) is 10.8. The van der Waals surface area contributed by atoms with Gasteiger partial charge in [-0.2, -0.15) is 0 Å². The first kappa shape index (κ1) is 20.8. The SMILES string of the molecule is Cc1nc(-c2cccc(NC(=O)c3c[nH]c(=O)n(Cc4ccccc4Cl)c3=O)c2)cs1. The monoisotopic (exact) mass is 452 g/mol. The van der Waals surface area contributed by atoms with Crippen molar-refractivity contribution in [1.82, 2.24) is 14.5 Å². The van der Waals surface area contributed by atoms with Crippen LogP contribution in [0.5, 0.6) is 0 Å². The third kappa shape index (κ3) is 4.50. The van der Waals surface area contributed by atoms with Crippen molar-refractivity contribution in [3.63, 3.8) is 0 Å². The minimum atomic E-state index is -0.701. The van der Waals surface area contributed by atoms with E-state index in [0.717, 1.165) is 27.0 Å². The average Bonchev–Trinajstić information content (AvgIpc) is 3.19. The first-order chi connectivity index (χ1) is 14.9. The molecular formula is C22H17ClN4O3S. The maximum absolute atomic E-state index is 12.9. The Morgan fingerprint density at radius 3 is 2.74 bits per heavy atom. The van der Waals surface area contributed by atoms with E-state index in [0.29, 0.717) is 16.3 Å². The molecule has 7 nitrogen and oxygen atoms in total. The smallest absolute Gasteiger partial charge is 0.322 e. The number of thiazole rings is 1. The van der Waals surface area contributed by atoms with E-state index in [2.05, 4.69) is 15.3 Å². The average molecular weight is 453 g/mol. The summed E-state index contributed by atoms with van der Waals surface area (Å²) in [5, 5.41) is 6.02. The molecule has 0 radical (unpaired) electrons. The van der Waals surface area contributed by atoms with Crippen molar-refractivity contribution in [2.45, 2.75) is 13.5 Å². The first-order valence-corrected chi connectivity index (χ1v) is 10.6. The van der Waals surface area contributed by atoms with Crippen molar-refractivity contribution < 1.29 is 4.79 Å². The van der Waals surface area contributed by atoms with Crippen LogP contribution >= 0.6 is 22.9 Å². The zero-order chi connectivity index (χ0) is 22.0. The molecule has 156 valence electrons. The molecule has 2 heterocycles. The number of aryl methyl sites for hydroxylation is 1. The summed E-state index contributed by atoms with van der Waals surface area (Å²) < 4.78 is 0.949. The number of H-pyrrole nitrogens is 1. The van der Waals surface area contributed by atoms with E-state index in [1.807, 2.05) is 18.4 Å². The van der Waals surface area contributed by atoms with Gasteiger partial charge in [-0.15, -0.1) is 11.3 Å². The van der Waals surface area contributed by atoms with Crippen LogP contribution < -0.4 is 16.6 Å². The summed E-state index contributed by atoms with van der Waals surface area (Å²) in [5.74, 6) is -0.624. The molecule has 2 aromatic carbocycles. The maximum atomic E-state index is 12.9. The Morgan fingerprint density at radius 2 is 2.00 bits per heavy atom. The summed E-state index contributed by atoms with van der Waals surface area (Å²) >= 11 is 7.68. The molecule has 9 heteroatoms. The standard InChI is InChI=1S/C22H17ClN4O3S/c1-13-25-19(12-31-13)14-6-4-7-16(9-14)26-20(28)17-10-24-22(30)27(21(17)29)11-15-5-2-3-8-18(15)23/h2-10,12H,11H2,1H3,(H,24,30)(H,26,28). The van der Waals surface area contributed by atoms with Crippen LogP contribution in [0.25, 0.3) is 11.3 Å². The molecule has 0 saturated carbocycles. The molecule has 0 aliphatic carbocycles. The van der Waals surface area contributed by atoms with Gasteiger partial charge in [0.25, 0.3) is 11.5 Å². The number of rotatable bonds is 5. The van der Waals surface area contributed by atoms with Crippen LogP contribution in [0.4, 0.5) is 5.69 Å². The van der Waals surface area contributed by atoms with E-state index in [1.165, 1.54) is 11.3 Å². The zero-order valence-electron chi connectivity index (χ0n) is 16.4. The minimum Gasteiger partial charge on any atom is -0.322 e. The largest absolute Gasteiger partial charge is 0.328 e. The number of halogens is 1. The Morgan fingerprint density at radius 1 is 1.19 bits per heavy atom. The van der Waals surface area contributed by atoms with Gasteiger partial charge in [-0.25, -0.2) is 9.78 Å². The minimum absolute atomic E-state index is 0.0480. The number of amides is 1. The van der Waals surface area contributed by atoms with Gasteiger partial charge in [0.15, 0.2) is 0 Å². The van der Waals surface area contributed by atoms with Crippen molar-refractivity contribution in [3.05, 3.63) is 102 Å². The maximum Gasteiger partial charge on any atom is 0.328 e. The van der Waals surface area contributed by atoms with E-state index in [1.54, 1.807) is 42.5 Å². The second-order valence-electron chi connectivity index (χ2n) is 6.78. The fourth-order valence-corrected chi connectivity index (χ4v) is 3.88. The van der Waals surface area contributed by atoms with Crippen molar-refractivity contribution in [1.29, 1.82) is 0 Å². The molecule has 31 heavy (non-hydrogen) atoms. The fourth-order valence-electron chi connectivity index (χ4n) is 3.07. The summed E-state index contributed by atoms with van der Waals surface area (Å²) in [4.78, 5) is 44.8. The number of nitrogens with one attached hydrogen (secondary N) is 2. The Hall–Kier alpha value is -3.49. The summed E-state index contributed by atoms with van der Waals surface area (Å²) in [6.07, 6.45) is 1.12. The summed E-state index contributed by atoms with van der Waals surface area (Å²) in [7, 11) is 0. The number of hydrogen-bond donors (Lipinski definition) is 2. The van der Waals surface area contributed by atoms with Gasteiger partial charge in [0.1, 0.15) is 5.56 Å². The van der Waals surface area contributed by atoms with Crippen molar-refractivity contribution >= 4 is 34.5 Å². The summed E-state index contributed by atoms with van der Waals surface area (Å²) in [6, 6.07) is 14.1. The van der Waals surface area contributed by atoms with Crippen molar-refractivity contribution in [2.24, 2.45) is 0 Å². The lowest BCUT2D eigenvalue weighted by Gasteiger charge is -2.10. The van der Waals surface area contributed by atoms with Crippen LogP contribution in [0, 0.1) is 6.92 Å². The molecule has 4 aromatic rings. The highest BCUT2D eigenvalue weighted by molar-refractivity contribution is 7.09. The molecule has 0 aliphatic heterocycles. The Kier molecular flexibility index (Phi) is 5.83. The van der Waals surface area contributed by atoms with Crippen molar-refractivity contribution in [2.75, 3.05) is 5.32 Å². The van der Waals surface area contributed by atoms with Gasteiger partial charge in [0.2, 0.25) is 0 Å². The third-order valence-electron chi connectivity index (χ3n) is 4.63. The van der Waals surface area contributed by atoms with Crippen LogP contribution in [0.2, 0.25) is 5.02 Å². The number of anilines is 1. The molecule has 0 atom stereocenters. The highest BCUT2D eigenvalue weighted by Crippen LogP contribution is 2.24. The van der Waals surface area contributed by atoms with Gasteiger partial charge >= 0.3 is 5.69 Å². The lowest BCUT2D eigenvalue weighted by atomic mass is 10.1. The molecule has 1 amide bonds. The summed E-state index contributed by atoms with van der Waals surface area (Å²) in [6.45, 7) is 1.87. The molecular weight excluding hydrogens is 436 g/mol. The molecule has 2 N–H and O–H groups in total. The van der Waals surface area contributed by atoms with Crippen LogP contribution in [0.1, 0.15) is 20.9 Å². The number of carbonyl (C=O) groups excluding carboxylic acids is 1. The second-order valence-corrected chi connectivity index (χ2v) is 8.25. The molecule has 4 rings (SSSR count). The lowest BCUT2D eigenvalue weighted by Crippen LogP contribution is -2.39. The van der Waals surface area contributed by atoms with Gasteiger partial charge in [-0.3, -0.25) is 14.2 Å². The number of benzene rings is 2. The Bertz CT molecular complexity index is 1390. The number of aromatic amines is 1. The molecule has 0 saturated heterocycles. The van der Waals surface area contributed by atoms with Gasteiger partial charge in [0.05, 0.1) is 17.2 Å². The van der Waals surface area contributed by atoms with Crippen LogP contribution in [-0.4, -0.2) is 20.4 Å². The number of aromatic nitrogens is 3. The molecule has 0 fully saturated rings. The number of carbonyl (C=O) groups is 1. The van der Waals surface area contributed by atoms with E-state index < -0.39 is 17.2 Å². The van der Waals surface area contributed by atoms with Gasteiger partial charge in [-0.05, 0) is 30.7 Å². The van der Waals surface area contributed by atoms with E-state index in [4.69, 9.17) is 11.6 Å². The second kappa shape index (κ2) is 8.71. The zero-order valence-corrected chi connectivity index (χ0v) is 18.0. The number of nitrogens with zero attached hydrogens (tertiary/aromatic N) is 2. The third-order valence-corrected chi connectivity index (χ3v) is 5.77. The van der Waals surface area contributed by atoms with E-state index >= 15 is 0 Å². The van der Waals surface area contributed by atoms with Crippen LogP contribution in [0.3, 0.4) is 0 Å². The fraction of sp³-hybridized carbons (Fsp3) is 0.0909. The predicted molar refractivity (Wildman–Crippen MR) is 122 cm³/mol. The molecule has 0 aliphatic rings. The van der Waals surface area contributed by atoms with E-state index in [-0.39, 0.29) is 12.1 Å². The lowest BCUT2D eigenvalue weighted by molar-refractivity contribution is 0.102. The molecule has 0 spiro atoms. The van der Waals surface area contributed by atoms with Crippen molar-refractivity contribution in [3.8, 4) is 11.3 Å². The van der Waals surface area contributed by atoms with Gasteiger partial charge < -0.3 is 10.3 Å². The quantitative estimate of drug-likeness (QED) is 0.479. The Balaban J connectivity index is 1.62. The molecule has 0 unspecified atom stereocenters. The highest BCUT2D eigenvalue weighted by Gasteiger charge is 2.16. The summed E-state index contributed by atoms with van der Waals surface area (Å²) in [5.41, 5.74) is 1.26. The molecule has 0 bridgehead atoms. The predicted octanol–water partition coefficient (Wildman–Crippen LogP) is 3.92. The highest BCUT2D eigenvalue weighted by atomic mass is 35.5. The Labute approximate surface area is 186 Å².